The number of hydrogen-bond acceptors (Lipinski definition) is 5. The molecule has 0 amide bonds. The first-order valence-electron chi connectivity index (χ1n) is 10.8. The Morgan fingerprint density at radius 2 is 0.879 bits per heavy atom. The van der Waals surface area contributed by atoms with E-state index in [2.05, 4.69) is 37.5 Å². The van der Waals surface area contributed by atoms with E-state index in [1.807, 2.05) is 45.0 Å². The maximum atomic E-state index is 5.29. The third kappa shape index (κ3) is 8.54. The van der Waals surface area contributed by atoms with Crippen molar-refractivity contribution < 1.29 is 23.7 Å². The first-order valence-corrected chi connectivity index (χ1v) is 10.8. The van der Waals surface area contributed by atoms with Crippen LogP contribution in [-0.4, -0.2) is 35.5 Å². The molecule has 0 heterocycles. The summed E-state index contributed by atoms with van der Waals surface area (Å²) in [5.41, 5.74) is 2.78. The number of benzene rings is 2. The summed E-state index contributed by atoms with van der Waals surface area (Å²) in [5, 5.41) is 0. The lowest BCUT2D eigenvalue weighted by atomic mass is 10.1. The first-order chi connectivity index (χ1) is 15.7. The Labute approximate surface area is 199 Å². The van der Waals surface area contributed by atoms with Gasteiger partial charge >= 0.3 is 0 Å². The molecule has 33 heavy (non-hydrogen) atoms. The van der Waals surface area contributed by atoms with E-state index >= 15 is 0 Å². The van der Waals surface area contributed by atoms with Gasteiger partial charge in [-0.05, 0) is 31.2 Å². The van der Waals surface area contributed by atoms with Gasteiger partial charge in [0.05, 0.1) is 35.5 Å². The highest BCUT2D eigenvalue weighted by Crippen LogP contribution is 2.38. The van der Waals surface area contributed by atoms with E-state index in [0.717, 1.165) is 28.2 Å². The molecule has 0 aliphatic rings. The van der Waals surface area contributed by atoms with E-state index in [4.69, 9.17) is 23.7 Å². The quantitative estimate of drug-likeness (QED) is 0.542. The van der Waals surface area contributed by atoms with Gasteiger partial charge in [0.1, 0.15) is 11.5 Å². The molecule has 0 saturated carbocycles. The minimum absolute atomic E-state index is 0.328. The van der Waals surface area contributed by atoms with Gasteiger partial charge in [0.25, 0.3) is 0 Å². The lowest BCUT2D eigenvalue weighted by Gasteiger charge is -2.12. The molecule has 0 fully saturated rings. The zero-order valence-electron chi connectivity index (χ0n) is 21.5. The van der Waals surface area contributed by atoms with Gasteiger partial charge in [-0.15, -0.1) is 0 Å². The number of hydrogen-bond donors (Lipinski definition) is 0. The van der Waals surface area contributed by atoms with Crippen LogP contribution >= 0.6 is 0 Å². The van der Waals surface area contributed by atoms with Crippen molar-refractivity contribution in [3.63, 3.8) is 0 Å². The zero-order valence-corrected chi connectivity index (χ0v) is 21.5. The van der Waals surface area contributed by atoms with E-state index < -0.39 is 0 Å². The van der Waals surface area contributed by atoms with Gasteiger partial charge in [-0.3, -0.25) is 0 Å². The minimum Gasteiger partial charge on any atom is -0.496 e. The molecule has 0 aliphatic heterocycles. The van der Waals surface area contributed by atoms with Gasteiger partial charge in [0, 0.05) is 28.5 Å². The van der Waals surface area contributed by atoms with Gasteiger partial charge in [-0.1, -0.05) is 51.4 Å². The van der Waals surface area contributed by atoms with Crippen molar-refractivity contribution in [3.8, 4) is 52.4 Å². The summed E-state index contributed by atoms with van der Waals surface area (Å²) < 4.78 is 26.3. The Morgan fingerprint density at radius 3 is 1.15 bits per heavy atom. The predicted molar refractivity (Wildman–Crippen MR) is 134 cm³/mol. The summed E-state index contributed by atoms with van der Waals surface area (Å²) in [5.74, 6) is 16.6. The summed E-state index contributed by atoms with van der Waals surface area (Å²) in [6.07, 6.45) is 0. The van der Waals surface area contributed by atoms with E-state index in [9.17, 15) is 0 Å². The summed E-state index contributed by atoms with van der Waals surface area (Å²) in [6, 6.07) is 7.56. The number of methoxy groups -OCH3 is 5. The fraction of sp³-hybridized carbons (Fsp3) is 0.429. The van der Waals surface area contributed by atoms with E-state index in [-0.39, 0.29) is 0 Å². The van der Waals surface area contributed by atoms with Crippen LogP contribution in [0.2, 0.25) is 0 Å². The fourth-order valence-electron chi connectivity index (χ4n) is 2.77. The standard InChI is InChI=1S/C14H18O3.C14H18O2/c1-10(2)6-7-11-8-12(15-3)14(17-5)13(9-11)16-4;1-10(2)6-7-12-8-13(15-4)11(3)14(9-12)16-5/h8-10H,1-5H3;8-10H,1-5H3. The molecule has 0 saturated heterocycles. The van der Waals surface area contributed by atoms with Crippen molar-refractivity contribution >= 4 is 0 Å². The maximum absolute atomic E-state index is 5.29. The normalized spacial score (nSPS) is 9.58. The smallest absolute Gasteiger partial charge is 0.203 e. The van der Waals surface area contributed by atoms with Crippen LogP contribution in [0.3, 0.4) is 0 Å². The van der Waals surface area contributed by atoms with Crippen molar-refractivity contribution in [2.24, 2.45) is 11.8 Å². The molecule has 0 unspecified atom stereocenters. The molecule has 2 aromatic carbocycles. The van der Waals surface area contributed by atoms with Crippen molar-refractivity contribution in [3.05, 3.63) is 41.0 Å². The largest absolute Gasteiger partial charge is 0.496 e. The zero-order chi connectivity index (χ0) is 25.0. The molecule has 5 nitrogen and oxygen atoms in total. The second-order valence-corrected chi connectivity index (χ2v) is 7.77. The molecule has 0 aromatic heterocycles. The van der Waals surface area contributed by atoms with Gasteiger partial charge in [-0.2, -0.15) is 0 Å². The van der Waals surface area contributed by atoms with Crippen LogP contribution in [0.15, 0.2) is 24.3 Å². The van der Waals surface area contributed by atoms with Gasteiger partial charge < -0.3 is 23.7 Å². The Bertz CT molecular complexity index is 980. The van der Waals surface area contributed by atoms with Gasteiger partial charge in [-0.25, -0.2) is 0 Å². The molecule has 0 bridgehead atoms. The van der Waals surface area contributed by atoms with Crippen molar-refractivity contribution in [1.82, 2.24) is 0 Å². The highest BCUT2D eigenvalue weighted by atomic mass is 16.5. The van der Waals surface area contributed by atoms with Crippen LogP contribution in [0.25, 0.3) is 0 Å². The number of ether oxygens (including phenoxy) is 5. The molecule has 0 atom stereocenters. The molecule has 0 radical (unpaired) electrons. The van der Waals surface area contributed by atoms with Crippen LogP contribution in [0.4, 0.5) is 0 Å². The maximum Gasteiger partial charge on any atom is 0.203 e. The Morgan fingerprint density at radius 1 is 0.545 bits per heavy atom. The van der Waals surface area contributed by atoms with Crippen LogP contribution in [0.1, 0.15) is 44.4 Å². The van der Waals surface area contributed by atoms with Crippen LogP contribution in [0, 0.1) is 42.4 Å². The van der Waals surface area contributed by atoms with Gasteiger partial charge in [0.2, 0.25) is 5.75 Å². The topological polar surface area (TPSA) is 46.2 Å². The van der Waals surface area contributed by atoms with Crippen LogP contribution in [0.5, 0.6) is 28.7 Å². The molecule has 0 aliphatic carbocycles. The SMILES string of the molecule is COc1cc(C#CC(C)C)cc(OC)c1C.COc1cc(C#CC(C)C)cc(OC)c1OC. The minimum atomic E-state index is 0.328. The Kier molecular flexibility index (Phi) is 11.6. The highest BCUT2D eigenvalue weighted by molar-refractivity contribution is 5.57. The van der Waals surface area contributed by atoms with E-state index in [0.29, 0.717) is 29.1 Å². The van der Waals surface area contributed by atoms with E-state index in [1.165, 1.54) is 0 Å². The summed E-state index contributed by atoms with van der Waals surface area (Å²) >= 11 is 0. The fourth-order valence-corrected chi connectivity index (χ4v) is 2.77. The molecule has 2 aromatic rings. The molecule has 178 valence electrons. The lowest BCUT2D eigenvalue weighted by Crippen LogP contribution is -1.95. The summed E-state index contributed by atoms with van der Waals surface area (Å²) in [4.78, 5) is 0. The van der Waals surface area contributed by atoms with Crippen LogP contribution in [-0.2, 0) is 0 Å². The molecule has 5 heteroatoms. The molecule has 0 spiro atoms. The summed E-state index contributed by atoms with van der Waals surface area (Å²) in [6.45, 7) is 10.2. The monoisotopic (exact) mass is 452 g/mol. The molecular formula is C28H36O5. The number of rotatable bonds is 5. The second kappa shape index (κ2) is 13.9. The predicted octanol–water partition coefficient (Wildman–Crippen LogP) is 5.74. The third-order valence-electron chi connectivity index (χ3n) is 4.43. The van der Waals surface area contributed by atoms with Crippen molar-refractivity contribution in [2.75, 3.05) is 35.5 Å². The van der Waals surface area contributed by atoms with E-state index in [1.54, 1.807) is 35.5 Å². The second-order valence-electron chi connectivity index (χ2n) is 7.77. The third-order valence-corrected chi connectivity index (χ3v) is 4.43. The van der Waals surface area contributed by atoms with Crippen LogP contribution < -0.4 is 23.7 Å². The van der Waals surface area contributed by atoms with Crippen molar-refractivity contribution in [1.29, 1.82) is 0 Å². The highest BCUT2D eigenvalue weighted by Gasteiger charge is 2.12. The lowest BCUT2D eigenvalue weighted by molar-refractivity contribution is 0.324. The Hall–Kier alpha value is -3.44. The first kappa shape index (κ1) is 27.6. The average molecular weight is 453 g/mol. The molecular weight excluding hydrogens is 416 g/mol. The van der Waals surface area contributed by atoms with Crippen molar-refractivity contribution in [2.45, 2.75) is 34.6 Å². The molecule has 2 rings (SSSR count). The molecule has 0 N–H and O–H groups in total. The summed E-state index contributed by atoms with van der Waals surface area (Å²) in [7, 11) is 8.08. The average Bonchev–Trinajstić information content (AvgIpc) is 2.81. The van der Waals surface area contributed by atoms with Gasteiger partial charge in [0.15, 0.2) is 11.5 Å². The Balaban J connectivity index is 0.000000331.